The van der Waals surface area contributed by atoms with Crippen molar-refractivity contribution in [3.63, 3.8) is 0 Å². The zero-order valence-electron chi connectivity index (χ0n) is 17.7. The molecule has 4 rings (SSSR count). The second-order valence-electron chi connectivity index (χ2n) is 7.49. The standard InChI is InChI=1S/C24H21ClFN3O4/c1-29(12-17-18(25)6-4-7-19(17)26)13-23(30)28-20-8-3-2-5-16(20)24(31)27-15-9-10-21-22(11-15)33-14-32-21/h2-11H,12-14H2,1H3,(H,27,31)(H,28,30). The maximum absolute atomic E-state index is 14.0. The van der Waals surface area contributed by atoms with E-state index >= 15 is 0 Å². The third-order valence-electron chi connectivity index (χ3n) is 4.98. The molecule has 0 saturated heterocycles. The summed E-state index contributed by atoms with van der Waals surface area (Å²) in [6, 6.07) is 16.2. The normalized spacial score (nSPS) is 12.0. The summed E-state index contributed by atoms with van der Waals surface area (Å²) in [7, 11) is 1.68. The fourth-order valence-electron chi connectivity index (χ4n) is 3.41. The van der Waals surface area contributed by atoms with Crippen molar-refractivity contribution < 1.29 is 23.5 Å². The van der Waals surface area contributed by atoms with Gasteiger partial charge in [-0.15, -0.1) is 0 Å². The smallest absolute Gasteiger partial charge is 0.257 e. The molecule has 9 heteroatoms. The first-order chi connectivity index (χ1) is 15.9. The van der Waals surface area contributed by atoms with Crippen LogP contribution in [0.2, 0.25) is 5.02 Å². The van der Waals surface area contributed by atoms with Gasteiger partial charge in [0.2, 0.25) is 12.7 Å². The molecule has 0 atom stereocenters. The molecule has 2 N–H and O–H groups in total. The van der Waals surface area contributed by atoms with Gasteiger partial charge in [-0.05, 0) is 43.4 Å². The van der Waals surface area contributed by atoms with E-state index in [0.29, 0.717) is 39.0 Å². The summed E-state index contributed by atoms with van der Waals surface area (Å²) in [6.07, 6.45) is 0. The molecule has 1 aliphatic heterocycles. The molecule has 3 aromatic carbocycles. The molecular formula is C24H21ClFN3O4. The Hall–Kier alpha value is -3.62. The van der Waals surface area contributed by atoms with Gasteiger partial charge in [-0.2, -0.15) is 0 Å². The number of amides is 2. The molecule has 1 heterocycles. The molecule has 170 valence electrons. The molecule has 0 aliphatic carbocycles. The van der Waals surface area contributed by atoms with Gasteiger partial charge >= 0.3 is 0 Å². The van der Waals surface area contributed by atoms with Crippen molar-refractivity contribution >= 4 is 34.8 Å². The van der Waals surface area contributed by atoms with Gasteiger partial charge in [-0.25, -0.2) is 4.39 Å². The molecule has 2 amide bonds. The summed E-state index contributed by atoms with van der Waals surface area (Å²) in [4.78, 5) is 27.1. The zero-order chi connectivity index (χ0) is 23.4. The van der Waals surface area contributed by atoms with E-state index in [-0.39, 0.29) is 25.8 Å². The van der Waals surface area contributed by atoms with E-state index in [1.807, 2.05) is 0 Å². The number of nitrogens with zero attached hydrogens (tertiary/aromatic N) is 1. The SMILES string of the molecule is CN(CC(=O)Nc1ccccc1C(=O)Nc1ccc2c(c1)OCO2)Cc1c(F)cccc1Cl. The van der Waals surface area contributed by atoms with Crippen LogP contribution < -0.4 is 20.1 Å². The van der Waals surface area contributed by atoms with Gasteiger partial charge in [0.15, 0.2) is 11.5 Å². The van der Waals surface area contributed by atoms with Crippen LogP contribution in [0.5, 0.6) is 11.5 Å². The van der Waals surface area contributed by atoms with Crippen molar-refractivity contribution in [1.29, 1.82) is 0 Å². The Morgan fingerprint density at radius 2 is 1.82 bits per heavy atom. The van der Waals surface area contributed by atoms with E-state index in [9.17, 15) is 14.0 Å². The molecule has 0 radical (unpaired) electrons. The monoisotopic (exact) mass is 469 g/mol. The number of fused-ring (bicyclic) bond motifs is 1. The molecule has 0 spiro atoms. The van der Waals surface area contributed by atoms with Crippen molar-refractivity contribution in [3.8, 4) is 11.5 Å². The van der Waals surface area contributed by atoms with E-state index in [4.69, 9.17) is 21.1 Å². The number of carbonyl (C=O) groups is 2. The number of hydrogen-bond acceptors (Lipinski definition) is 5. The van der Waals surface area contributed by atoms with Gasteiger partial charge in [0.25, 0.3) is 5.91 Å². The van der Waals surface area contributed by atoms with E-state index in [0.717, 1.165) is 0 Å². The van der Waals surface area contributed by atoms with E-state index in [1.165, 1.54) is 12.1 Å². The third kappa shape index (κ3) is 5.42. The topological polar surface area (TPSA) is 79.9 Å². The average Bonchev–Trinajstić information content (AvgIpc) is 3.24. The predicted molar refractivity (Wildman–Crippen MR) is 123 cm³/mol. The molecule has 0 unspecified atom stereocenters. The molecule has 33 heavy (non-hydrogen) atoms. The molecule has 0 saturated carbocycles. The molecule has 0 bridgehead atoms. The first-order valence-corrected chi connectivity index (χ1v) is 10.5. The molecule has 0 fully saturated rings. The van der Waals surface area contributed by atoms with Gasteiger partial charge in [0, 0.05) is 28.9 Å². The van der Waals surface area contributed by atoms with Crippen molar-refractivity contribution in [3.05, 3.63) is 82.6 Å². The van der Waals surface area contributed by atoms with Gasteiger partial charge < -0.3 is 20.1 Å². The Morgan fingerprint density at radius 3 is 2.64 bits per heavy atom. The minimum atomic E-state index is -0.430. The van der Waals surface area contributed by atoms with Crippen molar-refractivity contribution in [2.45, 2.75) is 6.54 Å². The van der Waals surface area contributed by atoms with E-state index < -0.39 is 11.7 Å². The highest BCUT2D eigenvalue weighted by atomic mass is 35.5. The van der Waals surface area contributed by atoms with Crippen LogP contribution in [-0.4, -0.2) is 37.1 Å². The summed E-state index contributed by atoms with van der Waals surface area (Å²) in [5, 5.41) is 5.85. The zero-order valence-corrected chi connectivity index (χ0v) is 18.5. The number of nitrogens with one attached hydrogen (secondary N) is 2. The van der Waals surface area contributed by atoms with Gasteiger partial charge in [-0.3, -0.25) is 14.5 Å². The second kappa shape index (κ2) is 9.89. The highest BCUT2D eigenvalue weighted by molar-refractivity contribution is 6.31. The first kappa shape index (κ1) is 22.6. The summed E-state index contributed by atoms with van der Waals surface area (Å²) >= 11 is 6.07. The Morgan fingerprint density at radius 1 is 1.03 bits per heavy atom. The van der Waals surface area contributed by atoms with Crippen LogP contribution in [0.3, 0.4) is 0 Å². The molecule has 1 aliphatic rings. The Kier molecular flexibility index (Phi) is 6.76. The second-order valence-corrected chi connectivity index (χ2v) is 7.90. The Labute approximate surface area is 195 Å². The number of benzene rings is 3. The van der Waals surface area contributed by atoms with Crippen LogP contribution in [0.1, 0.15) is 15.9 Å². The first-order valence-electron chi connectivity index (χ1n) is 10.1. The fourth-order valence-corrected chi connectivity index (χ4v) is 3.63. The maximum atomic E-state index is 14.0. The number of rotatable bonds is 7. The lowest BCUT2D eigenvalue weighted by Crippen LogP contribution is -2.30. The number of ether oxygens (including phenoxy) is 2. The summed E-state index contributed by atoms with van der Waals surface area (Å²) in [5.41, 5.74) is 1.51. The van der Waals surface area contributed by atoms with Crippen LogP contribution in [0.15, 0.2) is 60.7 Å². The average molecular weight is 470 g/mol. The number of anilines is 2. The Bertz CT molecular complexity index is 1180. The van der Waals surface area contributed by atoms with Gasteiger partial charge in [-0.1, -0.05) is 29.8 Å². The van der Waals surface area contributed by atoms with Crippen molar-refractivity contribution in [2.75, 3.05) is 31.0 Å². The summed E-state index contributed by atoms with van der Waals surface area (Å²) in [5.74, 6) is -0.0151. The summed E-state index contributed by atoms with van der Waals surface area (Å²) < 4.78 is 24.6. The number of halogens is 2. The molecule has 7 nitrogen and oxygen atoms in total. The lowest BCUT2D eigenvalue weighted by Gasteiger charge is -2.18. The van der Waals surface area contributed by atoms with E-state index in [2.05, 4.69) is 10.6 Å². The number of hydrogen-bond donors (Lipinski definition) is 2. The van der Waals surface area contributed by atoms with Gasteiger partial charge in [0.1, 0.15) is 5.82 Å². The minimum absolute atomic E-state index is 0.0250. The van der Waals surface area contributed by atoms with Crippen LogP contribution in [0, 0.1) is 5.82 Å². The number of likely N-dealkylation sites (N-methyl/N-ethyl adjacent to an activating group) is 1. The van der Waals surface area contributed by atoms with Crippen molar-refractivity contribution in [1.82, 2.24) is 4.90 Å². The largest absolute Gasteiger partial charge is 0.454 e. The van der Waals surface area contributed by atoms with Crippen LogP contribution in [0.25, 0.3) is 0 Å². The highest BCUT2D eigenvalue weighted by Gasteiger charge is 2.18. The maximum Gasteiger partial charge on any atom is 0.257 e. The molecular weight excluding hydrogens is 449 g/mol. The predicted octanol–water partition coefficient (Wildman–Crippen LogP) is 4.53. The van der Waals surface area contributed by atoms with Crippen LogP contribution in [-0.2, 0) is 11.3 Å². The third-order valence-corrected chi connectivity index (χ3v) is 5.33. The number of para-hydroxylation sites is 1. The highest BCUT2D eigenvalue weighted by Crippen LogP contribution is 2.34. The van der Waals surface area contributed by atoms with Crippen molar-refractivity contribution in [2.24, 2.45) is 0 Å². The van der Waals surface area contributed by atoms with Crippen LogP contribution in [0.4, 0.5) is 15.8 Å². The minimum Gasteiger partial charge on any atom is -0.454 e. The quantitative estimate of drug-likeness (QED) is 0.531. The lowest BCUT2D eigenvalue weighted by molar-refractivity contribution is -0.117. The fraction of sp³-hybridized carbons (Fsp3) is 0.167. The lowest BCUT2D eigenvalue weighted by atomic mass is 10.1. The molecule has 0 aromatic heterocycles. The molecule has 3 aromatic rings. The number of carbonyl (C=O) groups excluding carboxylic acids is 2. The Balaban J connectivity index is 1.40. The van der Waals surface area contributed by atoms with Crippen LogP contribution >= 0.6 is 11.6 Å². The van der Waals surface area contributed by atoms with Gasteiger partial charge in [0.05, 0.1) is 17.8 Å². The summed E-state index contributed by atoms with van der Waals surface area (Å²) in [6.45, 7) is 0.271. The van der Waals surface area contributed by atoms with E-state index in [1.54, 1.807) is 60.5 Å².